The normalized spacial score (nSPS) is 11.0. The van der Waals surface area contributed by atoms with Crippen LogP contribution in [0.3, 0.4) is 0 Å². The molecule has 0 fully saturated rings. The predicted octanol–water partition coefficient (Wildman–Crippen LogP) is 5.89. The Kier molecular flexibility index (Phi) is 5.94. The van der Waals surface area contributed by atoms with E-state index in [0.717, 1.165) is 11.1 Å². The van der Waals surface area contributed by atoms with Crippen molar-refractivity contribution in [3.63, 3.8) is 0 Å². The summed E-state index contributed by atoms with van der Waals surface area (Å²) in [5.74, 6) is 0.123. The highest BCUT2D eigenvalue weighted by Gasteiger charge is 2.14. The van der Waals surface area contributed by atoms with Gasteiger partial charge in [0, 0.05) is 23.3 Å². The first-order valence-electron chi connectivity index (χ1n) is 8.42. The van der Waals surface area contributed by atoms with Crippen LogP contribution in [-0.4, -0.2) is 16.3 Å². The summed E-state index contributed by atoms with van der Waals surface area (Å²) in [5, 5.41) is 23.8. The van der Waals surface area contributed by atoms with E-state index in [1.807, 2.05) is 48.1 Å². The Morgan fingerprint density at radius 3 is 2.52 bits per heavy atom. The quantitative estimate of drug-likeness (QED) is 0.429. The molecule has 0 aliphatic rings. The summed E-state index contributed by atoms with van der Waals surface area (Å²) in [6.07, 6.45) is 4.52. The Balaban J connectivity index is 2.11. The lowest BCUT2D eigenvalue weighted by Crippen LogP contribution is -1.93. The molecular weight excluding hydrogens is 358 g/mol. The molecule has 0 atom stereocenters. The molecular formula is C22H19NO3S. The number of phenolic OH excluding ortho intramolecular Hbond substituents is 1. The number of phenols is 1. The molecule has 4 nitrogen and oxygen atoms in total. The van der Waals surface area contributed by atoms with Gasteiger partial charge in [-0.25, -0.2) is 0 Å². The van der Waals surface area contributed by atoms with Gasteiger partial charge in [0.05, 0.1) is 4.92 Å². The van der Waals surface area contributed by atoms with E-state index in [-0.39, 0.29) is 11.4 Å². The molecule has 0 unspecified atom stereocenters. The second kappa shape index (κ2) is 8.56. The summed E-state index contributed by atoms with van der Waals surface area (Å²) in [6.45, 7) is 0. The van der Waals surface area contributed by atoms with Crippen molar-refractivity contribution in [2.75, 3.05) is 6.26 Å². The molecule has 0 aromatic heterocycles. The molecule has 0 bridgehead atoms. The Morgan fingerprint density at radius 1 is 1.04 bits per heavy atom. The Bertz CT molecular complexity index is 984. The second-order valence-electron chi connectivity index (χ2n) is 6.09. The molecule has 0 aliphatic carbocycles. The number of thioether (sulfide) groups is 1. The van der Waals surface area contributed by atoms with Crippen molar-refractivity contribution < 1.29 is 10.0 Å². The van der Waals surface area contributed by atoms with Crippen molar-refractivity contribution in [3.8, 4) is 16.9 Å². The zero-order chi connectivity index (χ0) is 19.2. The Labute approximate surface area is 162 Å². The second-order valence-corrected chi connectivity index (χ2v) is 6.83. The van der Waals surface area contributed by atoms with E-state index in [1.165, 1.54) is 12.1 Å². The van der Waals surface area contributed by atoms with Gasteiger partial charge in [-0.05, 0) is 53.0 Å². The van der Waals surface area contributed by atoms with Crippen LogP contribution < -0.4 is 0 Å². The van der Waals surface area contributed by atoms with Gasteiger partial charge in [-0.3, -0.25) is 10.1 Å². The fourth-order valence-electron chi connectivity index (χ4n) is 2.93. The highest BCUT2D eigenvalue weighted by Crippen LogP contribution is 2.36. The minimum absolute atomic E-state index is 0.00145. The van der Waals surface area contributed by atoms with E-state index >= 15 is 0 Å². The first-order chi connectivity index (χ1) is 13.1. The zero-order valence-corrected chi connectivity index (χ0v) is 15.6. The third kappa shape index (κ3) is 4.57. The monoisotopic (exact) mass is 377 g/mol. The van der Waals surface area contributed by atoms with Crippen LogP contribution in [0.15, 0.2) is 72.1 Å². The molecule has 0 aliphatic heterocycles. The molecule has 5 heteroatoms. The number of benzene rings is 3. The van der Waals surface area contributed by atoms with E-state index in [9.17, 15) is 15.2 Å². The van der Waals surface area contributed by atoms with E-state index < -0.39 is 4.92 Å². The molecule has 0 spiro atoms. The van der Waals surface area contributed by atoms with Crippen LogP contribution in [0.4, 0.5) is 5.69 Å². The summed E-state index contributed by atoms with van der Waals surface area (Å²) in [6, 6.07) is 20.3. The number of nitro benzene ring substituents is 1. The predicted molar refractivity (Wildman–Crippen MR) is 112 cm³/mol. The van der Waals surface area contributed by atoms with Crippen molar-refractivity contribution in [2.24, 2.45) is 0 Å². The van der Waals surface area contributed by atoms with Gasteiger partial charge in [0.2, 0.25) is 0 Å². The molecule has 0 saturated heterocycles. The molecule has 27 heavy (non-hydrogen) atoms. The molecule has 0 saturated carbocycles. The maximum Gasteiger partial charge on any atom is 0.270 e. The molecule has 3 aromatic rings. The maximum atomic E-state index is 11.1. The van der Waals surface area contributed by atoms with Crippen molar-refractivity contribution in [1.29, 1.82) is 0 Å². The van der Waals surface area contributed by atoms with Gasteiger partial charge >= 0.3 is 0 Å². The standard InChI is InChI=1S/C22H19NO3S/c1-27-11-10-19-13-17(12-16-6-3-2-4-7-16)14-21(22(19)24)18-8-5-9-20(15-18)23(25)26/h2-11,13-15,24H,12H2,1H3. The minimum Gasteiger partial charge on any atom is -0.507 e. The fraction of sp³-hybridized carbons (Fsp3) is 0.0909. The fourth-order valence-corrected chi connectivity index (χ4v) is 3.21. The number of nitro groups is 1. The summed E-state index contributed by atoms with van der Waals surface area (Å²) in [4.78, 5) is 10.7. The van der Waals surface area contributed by atoms with Gasteiger partial charge in [-0.2, -0.15) is 0 Å². The van der Waals surface area contributed by atoms with Gasteiger partial charge in [0.25, 0.3) is 5.69 Å². The van der Waals surface area contributed by atoms with Gasteiger partial charge < -0.3 is 5.11 Å². The van der Waals surface area contributed by atoms with Crippen LogP contribution in [0.1, 0.15) is 16.7 Å². The third-order valence-corrected chi connectivity index (χ3v) is 4.61. The highest BCUT2D eigenvalue weighted by molar-refractivity contribution is 8.01. The molecule has 0 heterocycles. The Hall–Kier alpha value is -3.05. The number of non-ortho nitro benzene ring substituents is 1. The van der Waals surface area contributed by atoms with E-state index in [2.05, 4.69) is 12.1 Å². The number of rotatable bonds is 6. The van der Waals surface area contributed by atoms with Crippen molar-refractivity contribution >= 4 is 23.5 Å². The lowest BCUT2D eigenvalue weighted by Gasteiger charge is -2.12. The van der Waals surface area contributed by atoms with Crippen molar-refractivity contribution in [3.05, 3.63) is 98.9 Å². The van der Waals surface area contributed by atoms with Crippen LogP contribution in [0.5, 0.6) is 5.75 Å². The van der Waals surface area contributed by atoms with Crippen LogP contribution >= 0.6 is 11.8 Å². The molecule has 0 radical (unpaired) electrons. The summed E-state index contributed by atoms with van der Waals surface area (Å²) >= 11 is 1.54. The SMILES string of the molecule is CSC=Cc1cc(Cc2ccccc2)cc(-c2cccc([N+](=O)[O-])c2)c1O. The van der Waals surface area contributed by atoms with Gasteiger partial charge in [0.1, 0.15) is 5.75 Å². The average Bonchev–Trinajstić information content (AvgIpc) is 2.69. The Morgan fingerprint density at radius 2 is 1.81 bits per heavy atom. The molecule has 3 aromatic carbocycles. The minimum atomic E-state index is -0.428. The van der Waals surface area contributed by atoms with Gasteiger partial charge in [-0.1, -0.05) is 42.5 Å². The molecule has 1 N–H and O–H groups in total. The lowest BCUT2D eigenvalue weighted by atomic mass is 9.95. The van der Waals surface area contributed by atoms with Crippen LogP contribution in [0.2, 0.25) is 0 Å². The molecule has 136 valence electrons. The van der Waals surface area contributed by atoms with Gasteiger partial charge in [0.15, 0.2) is 0 Å². The largest absolute Gasteiger partial charge is 0.507 e. The summed E-state index contributed by atoms with van der Waals surface area (Å²) < 4.78 is 0. The highest BCUT2D eigenvalue weighted by atomic mass is 32.2. The topological polar surface area (TPSA) is 63.4 Å². The van der Waals surface area contributed by atoms with Crippen LogP contribution in [0, 0.1) is 10.1 Å². The van der Waals surface area contributed by atoms with Crippen LogP contribution in [0.25, 0.3) is 17.2 Å². The molecule has 3 rings (SSSR count). The average molecular weight is 377 g/mol. The number of hydrogen-bond acceptors (Lipinski definition) is 4. The zero-order valence-electron chi connectivity index (χ0n) is 14.8. The first-order valence-corrected chi connectivity index (χ1v) is 9.71. The number of aromatic hydroxyl groups is 1. The molecule has 0 amide bonds. The lowest BCUT2D eigenvalue weighted by molar-refractivity contribution is -0.384. The summed E-state index contributed by atoms with van der Waals surface area (Å²) in [7, 11) is 0. The number of nitrogens with zero attached hydrogens (tertiary/aromatic N) is 1. The number of hydrogen-bond donors (Lipinski definition) is 1. The van der Waals surface area contributed by atoms with Crippen molar-refractivity contribution in [1.82, 2.24) is 0 Å². The summed E-state index contributed by atoms with van der Waals surface area (Å²) in [5.41, 5.74) is 4.10. The first kappa shape index (κ1) is 18.7. The van der Waals surface area contributed by atoms with E-state index in [0.29, 0.717) is 23.1 Å². The van der Waals surface area contributed by atoms with E-state index in [4.69, 9.17) is 0 Å². The third-order valence-electron chi connectivity index (χ3n) is 4.20. The van der Waals surface area contributed by atoms with Crippen LogP contribution in [-0.2, 0) is 6.42 Å². The smallest absolute Gasteiger partial charge is 0.270 e. The van der Waals surface area contributed by atoms with E-state index in [1.54, 1.807) is 23.9 Å². The van der Waals surface area contributed by atoms with Gasteiger partial charge in [-0.15, -0.1) is 11.8 Å². The maximum absolute atomic E-state index is 11.1. The van der Waals surface area contributed by atoms with Crippen molar-refractivity contribution in [2.45, 2.75) is 6.42 Å².